The molecule has 0 fully saturated rings. The maximum atomic E-state index is 9.16. The second kappa shape index (κ2) is 6.73. The van der Waals surface area contributed by atoms with Crippen molar-refractivity contribution in [3.63, 3.8) is 0 Å². The van der Waals surface area contributed by atoms with E-state index in [2.05, 4.69) is 21.5 Å². The van der Waals surface area contributed by atoms with E-state index in [4.69, 9.17) is 16.9 Å². The molecule has 0 bridgehead atoms. The predicted molar refractivity (Wildman–Crippen MR) is 94.3 cm³/mol. The quantitative estimate of drug-likeness (QED) is 0.780. The smallest absolute Gasteiger partial charge is 0.153 e. The van der Waals surface area contributed by atoms with Crippen LogP contribution in [0.1, 0.15) is 22.5 Å². The number of nitrogens with zero attached hydrogens (tertiary/aromatic N) is 4. The molecular weight excluding hydrogens is 322 g/mol. The van der Waals surface area contributed by atoms with Gasteiger partial charge in [-0.15, -0.1) is 0 Å². The van der Waals surface area contributed by atoms with Crippen molar-refractivity contribution < 1.29 is 0 Å². The maximum absolute atomic E-state index is 9.16. The van der Waals surface area contributed by atoms with E-state index in [-0.39, 0.29) is 0 Å². The Balaban J connectivity index is 1.76. The van der Waals surface area contributed by atoms with Crippen LogP contribution < -0.4 is 5.32 Å². The molecule has 3 rings (SSSR count). The van der Waals surface area contributed by atoms with Crippen LogP contribution in [-0.2, 0) is 6.54 Å². The average molecular weight is 338 g/mol. The van der Waals surface area contributed by atoms with Crippen molar-refractivity contribution in [2.45, 2.75) is 20.4 Å². The summed E-state index contributed by atoms with van der Waals surface area (Å²) in [4.78, 5) is 4.46. The summed E-state index contributed by atoms with van der Waals surface area (Å²) in [7, 11) is 0. The first-order chi connectivity index (χ1) is 11.6. The number of benzene rings is 1. The molecule has 0 radical (unpaired) electrons. The van der Waals surface area contributed by atoms with E-state index in [9.17, 15) is 0 Å². The van der Waals surface area contributed by atoms with Gasteiger partial charge in [0.1, 0.15) is 6.07 Å². The first-order valence-corrected chi connectivity index (χ1v) is 7.87. The van der Waals surface area contributed by atoms with Crippen LogP contribution >= 0.6 is 11.6 Å². The number of halogens is 1. The fourth-order valence-electron chi connectivity index (χ4n) is 2.49. The van der Waals surface area contributed by atoms with Crippen LogP contribution in [0.4, 0.5) is 5.69 Å². The van der Waals surface area contributed by atoms with Crippen molar-refractivity contribution in [1.82, 2.24) is 14.8 Å². The first-order valence-electron chi connectivity index (χ1n) is 7.49. The fourth-order valence-corrected chi connectivity index (χ4v) is 2.74. The predicted octanol–water partition coefficient (Wildman–Crippen LogP) is 4.02. The topological polar surface area (TPSA) is 66.5 Å². The van der Waals surface area contributed by atoms with Gasteiger partial charge in [0.25, 0.3) is 0 Å². The van der Waals surface area contributed by atoms with Crippen molar-refractivity contribution in [2.75, 3.05) is 5.32 Å². The number of pyridine rings is 1. The van der Waals surface area contributed by atoms with E-state index in [1.165, 1.54) is 0 Å². The summed E-state index contributed by atoms with van der Waals surface area (Å²) < 4.78 is 1.81. The zero-order chi connectivity index (χ0) is 17.1. The van der Waals surface area contributed by atoms with Crippen molar-refractivity contribution >= 4 is 17.3 Å². The second-order valence-corrected chi connectivity index (χ2v) is 5.90. The van der Waals surface area contributed by atoms with Crippen molar-refractivity contribution in [3.05, 3.63) is 70.1 Å². The number of hydrogen-bond donors (Lipinski definition) is 1. The van der Waals surface area contributed by atoms with Crippen LogP contribution in [0.25, 0.3) is 5.82 Å². The number of anilines is 1. The number of para-hydroxylation sites is 1. The van der Waals surface area contributed by atoms with Gasteiger partial charge in [0.15, 0.2) is 5.82 Å². The summed E-state index contributed by atoms with van der Waals surface area (Å²) in [5.74, 6) is 0.778. The molecule has 0 aliphatic rings. The number of rotatable bonds is 4. The minimum atomic E-state index is 0.523. The average Bonchev–Trinajstić information content (AvgIpc) is 2.92. The third-order valence-corrected chi connectivity index (χ3v) is 3.95. The molecule has 0 unspecified atom stereocenters. The Labute approximate surface area is 145 Å². The third kappa shape index (κ3) is 3.24. The molecule has 1 N–H and O–H groups in total. The SMILES string of the molecule is Cc1cc(C)n(-c2ccc(CNc3c(Cl)cccc3C#N)cn2)n1. The Kier molecular flexibility index (Phi) is 4.50. The monoisotopic (exact) mass is 337 g/mol. The molecule has 6 heteroatoms. The highest BCUT2D eigenvalue weighted by atomic mass is 35.5. The first kappa shape index (κ1) is 16.0. The largest absolute Gasteiger partial charge is 0.379 e. The summed E-state index contributed by atoms with van der Waals surface area (Å²) in [5, 5.41) is 17.3. The van der Waals surface area contributed by atoms with E-state index in [1.54, 1.807) is 24.4 Å². The highest BCUT2D eigenvalue weighted by molar-refractivity contribution is 6.33. The van der Waals surface area contributed by atoms with E-state index in [1.807, 2.05) is 36.7 Å². The summed E-state index contributed by atoms with van der Waals surface area (Å²) >= 11 is 6.16. The molecule has 5 nitrogen and oxygen atoms in total. The molecule has 0 saturated heterocycles. The van der Waals surface area contributed by atoms with Gasteiger partial charge in [0, 0.05) is 18.4 Å². The van der Waals surface area contributed by atoms with Crippen LogP contribution in [0.3, 0.4) is 0 Å². The number of aryl methyl sites for hydroxylation is 2. The van der Waals surface area contributed by atoms with E-state index in [0.29, 0.717) is 22.8 Å². The molecule has 0 aliphatic carbocycles. The van der Waals surface area contributed by atoms with E-state index < -0.39 is 0 Å². The van der Waals surface area contributed by atoms with Gasteiger partial charge in [0.2, 0.25) is 0 Å². The highest BCUT2D eigenvalue weighted by Gasteiger charge is 2.07. The molecule has 24 heavy (non-hydrogen) atoms. The van der Waals surface area contributed by atoms with E-state index >= 15 is 0 Å². The Morgan fingerprint density at radius 2 is 2.08 bits per heavy atom. The van der Waals surface area contributed by atoms with Gasteiger partial charge in [-0.1, -0.05) is 23.7 Å². The number of aromatic nitrogens is 3. The summed E-state index contributed by atoms with van der Waals surface area (Å²) in [6.07, 6.45) is 1.79. The zero-order valence-corrected chi connectivity index (χ0v) is 14.2. The number of nitriles is 1. The summed E-state index contributed by atoms with van der Waals surface area (Å²) in [6.45, 7) is 4.49. The Hall–Kier alpha value is -2.84. The second-order valence-electron chi connectivity index (χ2n) is 5.49. The standard InChI is InChI=1S/C18H16ClN5/c1-12-8-13(2)24(23-12)17-7-6-14(10-21-17)11-22-18-15(9-20)4-3-5-16(18)19/h3-8,10,22H,11H2,1-2H3. The van der Waals surface area contributed by atoms with Crippen LogP contribution in [0.5, 0.6) is 0 Å². The normalized spacial score (nSPS) is 10.4. The molecule has 120 valence electrons. The molecule has 0 atom stereocenters. The molecule has 2 heterocycles. The van der Waals surface area contributed by atoms with Gasteiger partial charge < -0.3 is 5.32 Å². The van der Waals surface area contributed by atoms with Crippen LogP contribution in [0, 0.1) is 25.2 Å². The lowest BCUT2D eigenvalue weighted by molar-refractivity contribution is 0.804. The number of hydrogen-bond acceptors (Lipinski definition) is 4. The fraction of sp³-hybridized carbons (Fsp3) is 0.167. The molecule has 0 amide bonds. The van der Waals surface area contributed by atoms with Gasteiger partial charge in [-0.05, 0) is 43.7 Å². The minimum absolute atomic E-state index is 0.523. The third-order valence-electron chi connectivity index (χ3n) is 3.64. The van der Waals surface area contributed by atoms with Crippen LogP contribution in [0.2, 0.25) is 5.02 Å². The Morgan fingerprint density at radius 3 is 2.71 bits per heavy atom. The maximum Gasteiger partial charge on any atom is 0.153 e. The summed E-state index contributed by atoms with van der Waals surface area (Å²) in [5.41, 5.74) is 4.16. The summed E-state index contributed by atoms with van der Waals surface area (Å²) in [6, 6.07) is 13.3. The van der Waals surface area contributed by atoms with E-state index in [0.717, 1.165) is 22.8 Å². The Morgan fingerprint density at radius 1 is 1.25 bits per heavy atom. The van der Waals surface area contributed by atoms with Crippen molar-refractivity contribution in [1.29, 1.82) is 5.26 Å². The van der Waals surface area contributed by atoms with Crippen LogP contribution in [0.15, 0.2) is 42.6 Å². The number of nitrogens with one attached hydrogen (secondary N) is 1. The molecule has 0 spiro atoms. The molecule has 2 aromatic heterocycles. The minimum Gasteiger partial charge on any atom is -0.379 e. The van der Waals surface area contributed by atoms with Crippen molar-refractivity contribution in [2.24, 2.45) is 0 Å². The van der Waals surface area contributed by atoms with Crippen LogP contribution in [-0.4, -0.2) is 14.8 Å². The lowest BCUT2D eigenvalue weighted by Crippen LogP contribution is -2.05. The molecule has 3 aromatic rings. The lowest BCUT2D eigenvalue weighted by Gasteiger charge is -2.10. The molecule has 0 aliphatic heterocycles. The van der Waals surface area contributed by atoms with Gasteiger partial charge in [-0.3, -0.25) is 0 Å². The highest BCUT2D eigenvalue weighted by Crippen LogP contribution is 2.26. The molecular formula is C18H16ClN5. The Bertz CT molecular complexity index is 906. The van der Waals surface area contributed by atoms with Gasteiger partial charge in [0.05, 0.1) is 22.0 Å². The lowest BCUT2D eigenvalue weighted by atomic mass is 10.2. The van der Waals surface area contributed by atoms with Gasteiger partial charge in [-0.25, -0.2) is 9.67 Å². The van der Waals surface area contributed by atoms with Gasteiger partial charge >= 0.3 is 0 Å². The molecule has 0 saturated carbocycles. The van der Waals surface area contributed by atoms with Crippen molar-refractivity contribution in [3.8, 4) is 11.9 Å². The zero-order valence-electron chi connectivity index (χ0n) is 13.4. The van der Waals surface area contributed by atoms with Gasteiger partial charge in [-0.2, -0.15) is 10.4 Å². The molecule has 1 aromatic carbocycles.